The topological polar surface area (TPSA) is 51.2 Å². The summed E-state index contributed by atoms with van der Waals surface area (Å²) in [6.07, 6.45) is 6.70. The molecule has 0 aliphatic rings. The number of para-hydroxylation sites is 1. The van der Waals surface area contributed by atoms with Gasteiger partial charge in [-0.15, -0.1) is 0 Å². The zero-order chi connectivity index (χ0) is 17.2. The number of amides is 1. The highest BCUT2D eigenvalue weighted by Gasteiger charge is 2.14. The molecular weight excluding hydrogens is 300 g/mol. The average Bonchev–Trinajstić information content (AvgIpc) is 2.62. The fourth-order valence-corrected chi connectivity index (χ4v) is 2.77. The van der Waals surface area contributed by atoms with Crippen LogP contribution >= 0.6 is 0 Å². The van der Waals surface area contributed by atoms with Crippen LogP contribution in [0.3, 0.4) is 0 Å². The minimum absolute atomic E-state index is 0.146. The third kappa shape index (κ3) is 5.22. The molecule has 1 aromatic heterocycles. The number of benzene rings is 1. The van der Waals surface area contributed by atoms with E-state index in [1.807, 2.05) is 30.3 Å². The molecule has 0 aliphatic heterocycles. The SMILES string of the molecule is CCCCC(CC)C(=O)NCCCOc1cccc2cccnc12. The van der Waals surface area contributed by atoms with Gasteiger partial charge in [-0.2, -0.15) is 0 Å². The second-order valence-corrected chi connectivity index (χ2v) is 6.07. The maximum Gasteiger partial charge on any atom is 0.223 e. The number of hydrogen-bond donors (Lipinski definition) is 1. The van der Waals surface area contributed by atoms with Crippen molar-refractivity contribution in [3.05, 3.63) is 36.5 Å². The molecule has 1 heterocycles. The van der Waals surface area contributed by atoms with Crippen molar-refractivity contribution in [1.82, 2.24) is 10.3 Å². The minimum atomic E-state index is 0.146. The van der Waals surface area contributed by atoms with Crippen LogP contribution in [0.1, 0.15) is 46.0 Å². The van der Waals surface area contributed by atoms with E-state index in [0.717, 1.165) is 48.8 Å². The Hall–Kier alpha value is -2.10. The fourth-order valence-electron chi connectivity index (χ4n) is 2.77. The molecule has 1 N–H and O–H groups in total. The van der Waals surface area contributed by atoms with Crippen LogP contribution in [0.4, 0.5) is 0 Å². The summed E-state index contributed by atoms with van der Waals surface area (Å²) in [5.74, 6) is 1.12. The molecule has 0 bridgehead atoms. The number of carbonyl (C=O) groups excluding carboxylic acids is 1. The molecule has 24 heavy (non-hydrogen) atoms. The van der Waals surface area contributed by atoms with Crippen molar-refractivity contribution < 1.29 is 9.53 Å². The lowest BCUT2D eigenvalue weighted by Gasteiger charge is -2.14. The Labute approximate surface area is 144 Å². The van der Waals surface area contributed by atoms with E-state index in [2.05, 4.69) is 24.1 Å². The van der Waals surface area contributed by atoms with Crippen LogP contribution in [0.15, 0.2) is 36.5 Å². The predicted molar refractivity (Wildman–Crippen MR) is 98.2 cm³/mol. The third-order valence-corrected chi connectivity index (χ3v) is 4.24. The standard InChI is InChI=1S/C20H28N2O2/c1-3-5-9-16(4-2)20(23)22-14-8-15-24-18-12-6-10-17-11-7-13-21-19(17)18/h6-7,10-13,16H,3-5,8-9,14-15H2,1-2H3,(H,22,23). The molecule has 1 amide bonds. The number of carbonyl (C=O) groups is 1. The van der Waals surface area contributed by atoms with Gasteiger partial charge < -0.3 is 10.1 Å². The summed E-state index contributed by atoms with van der Waals surface area (Å²) in [5, 5.41) is 4.11. The highest BCUT2D eigenvalue weighted by Crippen LogP contribution is 2.22. The molecule has 130 valence electrons. The van der Waals surface area contributed by atoms with Crippen LogP contribution in [0.25, 0.3) is 10.9 Å². The van der Waals surface area contributed by atoms with Gasteiger partial charge in [-0.1, -0.05) is 44.9 Å². The van der Waals surface area contributed by atoms with Crippen molar-refractivity contribution in [3.63, 3.8) is 0 Å². The summed E-state index contributed by atoms with van der Waals surface area (Å²) in [5.41, 5.74) is 0.884. The Morgan fingerprint density at radius 3 is 2.83 bits per heavy atom. The number of hydrogen-bond acceptors (Lipinski definition) is 3. The van der Waals surface area contributed by atoms with Crippen molar-refractivity contribution in [2.24, 2.45) is 5.92 Å². The molecule has 4 nitrogen and oxygen atoms in total. The Bertz CT molecular complexity index is 637. The number of pyridine rings is 1. The van der Waals surface area contributed by atoms with E-state index < -0.39 is 0 Å². The fraction of sp³-hybridized carbons (Fsp3) is 0.500. The summed E-state index contributed by atoms with van der Waals surface area (Å²) < 4.78 is 5.84. The van der Waals surface area contributed by atoms with Gasteiger partial charge in [0.1, 0.15) is 11.3 Å². The van der Waals surface area contributed by atoms with E-state index in [1.54, 1.807) is 6.20 Å². The van der Waals surface area contributed by atoms with Crippen LogP contribution in [-0.4, -0.2) is 24.0 Å². The summed E-state index contributed by atoms with van der Waals surface area (Å²) in [6.45, 7) is 5.46. The monoisotopic (exact) mass is 328 g/mol. The van der Waals surface area contributed by atoms with Crippen LogP contribution in [-0.2, 0) is 4.79 Å². The van der Waals surface area contributed by atoms with E-state index in [9.17, 15) is 4.79 Å². The number of nitrogens with one attached hydrogen (secondary N) is 1. The second kappa shape index (κ2) is 9.91. The van der Waals surface area contributed by atoms with Crippen LogP contribution in [0.5, 0.6) is 5.75 Å². The van der Waals surface area contributed by atoms with E-state index in [0.29, 0.717) is 13.2 Å². The number of fused-ring (bicyclic) bond motifs is 1. The molecule has 2 aromatic rings. The Morgan fingerprint density at radius 1 is 1.21 bits per heavy atom. The molecule has 0 saturated heterocycles. The second-order valence-electron chi connectivity index (χ2n) is 6.07. The molecule has 0 spiro atoms. The van der Waals surface area contributed by atoms with Gasteiger partial charge >= 0.3 is 0 Å². The predicted octanol–water partition coefficient (Wildman–Crippen LogP) is 4.34. The van der Waals surface area contributed by atoms with Crippen LogP contribution < -0.4 is 10.1 Å². The maximum absolute atomic E-state index is 12.1. The van der Waals surface area contributed by atoms with Gasteiger partial charge in [0.25, 0.3) is 0 Å². The maximum atomic E-state index is 12.1. The van der Waals surface area contributed by atoms with Gasteiger partial charge in [-0.25, -0.2) is 0 Å². The first-order valence-electron chi connectivity index (χ1n) is 9.00. The first kappa shape index (κ1) is 18.2. The number of rotatable bonds is 10. The molecular formula is C20H28N2O2. The normalized spacial score (nSPS) is 12.1. The Balaban J connectivity index is 1.73. The van der Waals surface area contributed by atoms with E-state index in [-0.39, 0.29) is 11.8 Å². The zero-order valence-electron chi connectivity index (χ0n) is 14.8. The summed E-state index contributed by atoms with van der Waals surface area (Å²) in [6, 6.07) is 9.88. The van der Waals surface area contributed by atoms with Crippen LogP contribution in [0, 0.1) is 5.92 Å². The van der Waals surface area contributed by atoms with Gasteiger partial charge in [-0.3, -0.25) is 9.78 Å². The Kier molecular flexibility index (Phi) is 7.53. The first-order chi connectivity index (χ1) is 11.8. The van der Waals surface area contributed by atoms with Gasteiger partial charge in [0, 0.05) is 24.0 Å². The van der Waals surface area contributed by atoms with Crippen molar-refractivity contribution in [1.29, 1.82) is 0 Å². The zero-order valence-corrected chi connectivity index (χ0v) is 14.8. The number of aromatic nitrogens is 1. The molecule has 0 fully saturated rings. The Morgan fingerprint density at radius 2 is 2.04 bits per heavy atom. The van der Waals surface area contributed by atoms with Crippen molar-refractivity contribution >= 4 is 16.8 Å². The lowest BCUT2D eigenvalue weighted by molar-refractivity contribution is -0.125. The number of ether oxygens (including phenoxy) is 1. The average molecular weight is 328 g/mol. The summed E-state index contributed by atoms with van der Waals surface area (Å²) in [4.78, 5) is 16.5. The minimum Gasteiger partial charge on any atom is -0.491 e. The van der Waals surface area contributed by atoms with Gasteiger partial charge in [0.15, 0.2) is 0 Å². The first-order valence-corrected chi connectivity index (χ1v) is 9.00. The highest BCUT2D eigenvalue weighted by molar-refractivity contribution is 5.84. The summed E-state index contributed by atoms with van der Waals surface area (Å²) >= 11 is 0. The molecule has 0 aliphatic carbocycles. The van der Waals surface area contributed by atoms with E-state index in [4.69, 9.17) is 4.74 Å². The summed E-state index contributed by atoms with van der Waals surface area (Å²) in [7, 11) is 0. The molecule has 4 heteroatoms. The van der Waals surface area contributed by atoms with Gasteiger partial charge in [-0.05, 0) is 31.4 Å². The molecule has 1 unspecified atom stereocenters. The van der Waals surface area contributed by atoms with Gasteiger partial charge in [0.2, 0.25) is 5.91 Å². The number of unbranched alkanes of at least 4 members (excludes halogenated alkanes) is 1. The lowest BCUT2D eigenvalue weighted by Crippen LogP contribution is -2.31. The quantitative estimate of drug-likeness (QED) is 0.660. The van der Waals surface area contributed by atoms with Crippen molar-refractivity contribution in [2.75, 3.05) is 13.2 Å². The molecule has 2 rings (SSSR count). The van der Waals surface area contributed by atoms with Crippen molar-refractivity contribution in [3.8, 4) is 5.75 Å². The van der Waals surface area contributed by atoms with E-state index >= 15 is 0 Å². The van der Waals surface area contributed by atoms with Crippen molar-refractivity contribution in [2.45, 2.75) is 46.0 Å². The third-order valence-electron chi connectivity index (χ3n) is 4.24. The van der Waals surface area contributed by atoms with E-state index in [1.165, 1.54) is 0 Å². The molecule has 1 atom stereocenters. The molecule has 1 aromatic carbocycles. The molecule has 0 radical (unpaired) electrons. The highest BCUT2D eigenvalue weighted by atomic mass is 16.5. The largest absolute Gasteiger partial charge is 0.491 e. The van der Waals surface area contributed by atoms with Gasteiger partial charge in [0.05, 0.1) is 6.61 Å². The lowest BCUT2D eigenvalue weighted by atomic mass is 9.98. The number of nitrogens with zero attached hydrogens (tertiary/aromatic N) is 1. The smallest absolute Gasteiger partial charge is 0.223 e. The molecule has 0 saturated carbocycles. The van der Waals surface area contributed by atoms with Crippen LogP contribution in [0.2, 0.25) is 0 Å².